The summed E-state index contributed by atoms with van der Waals surface area (Å²) in [7, 11) is -3.56. The summed E-state index contributed by atoms with van der Waals surface area (Å²) in [5, 5.41) is 3.37. The lowest BCUT2D eigenvalue weighted by Gasteiger charge is -2.27. The van der Waals surface area contributed by atoms with Crippen LogP contribution in [0, 0.1) is 0 Å². The fraction of sp³-hybridized carbons (Fsp3) is 0.357. The molecule has 1 amide bonds. The average Bonchev–Trinajstić information content (AvgIpc) is 3.58. The third-order valence-electron chi connectivity index (χ3n) is 6.91. The molecular formula is C28H32ClN3O5S2. The van der Waals surface area contributed by atoms with E-state index in [9.17, 15) is 18.0 Å². The minimum Gasteiger partial charge on any atom is -0.462 e. The van der Waals surface area contributed by atoms with Crippen molar-refractivity contribution in [2.45, 2.75) is 44.2 Å². The number of anilines is 1. The van der Waals surface area contributed by atoms with Crippen molar-refractivity contribution in [1.82, 2.24) is 9.21 Å². The number of hydrogen-bond acceptors (Lipinski definition) is 7. The molecule has 3 heterocycles. The van der Waals surface area contributed by atoms with Crippen molar-refractivity contribution >= 4 is 50.6 Å². The number of fused-ring (bicyclic) bond motifs is 1. The van der Waals surface area contributed by atoms with Gasteiger partial charge in [-0.25, -0.2) is 13.2 Å². The van der Waals surface area contributed by atoms with Gasteiger partial charge in [0.05, 0.1) is 17.1 Å². The molecule has 0 saturated carbocycles. The normalized spacial score (nSPS) is 15.8. The summed E-state index contributed by atoms with van der Waals surface area (Å²) in [6.07, 6.45) is 2.40. The minimum atomic E-state index is -3.56. The molecule has 39 heavy (non-hydrogen) atoms. The summed E-state index contributed by atoms with van der Waals surface area (Å²) in [4.78, 5) is 29.6. The quantitative estimate of drug-likeness (QED) is 0.374. The summed E-state index contributed by atoms with van der Waals surface area (Å²) in [5.41, 5.74) is 2.90. The van der Waals surface area contributed by atoms with Crippen LogP contribution in [-0.2, 0) is 34.3 Å². The van der Waals surface area contributed by atoms with Crippen molar-refractivity contribution in [3.8, 4) is 0 Å². The molecule has 0 aliphatic carbocycles. The number of rotatable bonds is 8. The van der Waals surface area contributed by atoms with Crippen molar-refractivity contribution in [3.05, 3.63) is 81.7 Å². The Morgan fingerprint density at radius 3 is 2.36 bits per heavy atom. The van der Waals surface area contributed by atoms with Crippen molar-refractivity contribution in [1.29, 1.82) is 0 Å². The summed E-state index contributed by atoms with van der Waals surface area (Å²) >= 11 is 1.40. The Hall–Kier alpha value is -2.76. The smallest absolute Gasteiger partial charge is 0.341 e. The fourth-order valence-electron chi connectivity index (χ4n) is 4.97. The van der Waals surface area contributed by atoms with Crippen molar-refractivity contribution < 1.29 is 22.7 Å². The van der Waals surface area contributed by atoms with Crippen LogP contribution in [0.15, 0.2) is 59.5 Å². The second-order valence-electron chi connectivity index (χ2n) is 9.46. The summed E-state index contributed by atoms with van der Waals surface area (Å²) < 4.78 is 32.4. The van der Waals surface area contributed by atoms with Gasteiger partial charge < -0.3 is 10.1 Å². The van der Waals surface area contributed by atoms with Crippen molar-refractivity contribution in [3.63, 3.8) is 0 Å². The van der Waals surface area contributed by atoms with Crippen LogP contribution < -0.4 is 5.32 Å². The second kappa shape index (κ2) is 12.6. The van der Waals surface area contributed by atoms with Crippen LogP contribution in [0.1, 0.15) is 56.5 Å². The number of thiophene rings is 1. The lowest BCUT2D eigenvalue weighted by atomic mass is 10.0. The molecule has 0 spiro atoms. The van der Waals surface area contributed by atoms with Gasteiger partial charge in [-0.3, -0.25) is 9.69 Å². The number of sulfonamides is 1. The highest BCUT2D eigenvalue weighted by Gasteiger charge is 2.30. The van der Waals surface area contributed by atoms with E-state index in [0.29, 0.717) is 42.2 Å². The Morgan fingerprint density at radius 2 is 1.69 bits per heavy atom. The topological polar surface area (TPSA) is 96.0 Å². The van der Waals surface area contributed by atoms with E-state index >= 15 is 0 Å². The Morgan fingerprint density at radius 1 is 1.00 bits per heavy atom. The van der Waals surface area contributed by atoms with Crippen molar-refractivity contribution in [2.24, 2.45) is 0 Å². The number of carbonyl (C=O) groups excluding carboxylic acids is 2. The molecule has 8 nitrogen and oxygen atoms in total. The van der Waals surface area contributed by atoms with E-state index in [1.54, 1.807) is 6.92 Å². The predicted molar refractivity (Wildman–Crippen MR) is 154 cm³/mol. The number of esters is 1. The maximum absolute atomic E-state index is 13.2. The standard InChI is InChI=1S/C28H31N3O5S2.ClH/c1-2-36-28(33)25-23-14-17-30(18-20-8-4-3-5-9-20)19-24(23)37-27(25)29-26(32)21-10-12-22(13-11-21)38(34,35)31-15-6-7-16-31;/h3-5,8-13H,2,6-7,14-19H2,1H3,(H,29,32);1H. The number of nitrogens with zero attached hydrogens (tertiary/aromatic N) is 2. The first-order valence-corrected chi connectivity index (χ1v) is 15.1. The van der Waals surface area contributed by atoms with E-state index in [4.69, 9.17) is 4.74 Å². The van der Waals surface area contributed by atoms with Crippen LogP contribution in [0.25, 0.3) is 0 Å². The average molecular weight is 590 g/mol. The molecule has 2 aromatic carbocycles. The van der Waals surface area contributed by atoms with E-state index in [1.165, 1.54) is 45.5 Å². The van der Waals surface area contributed by atoms with Crippen molar-refractivity contribution in [2.75, 3.05) is 31.6 Å². The third-order valence-corrected chi connectivity index (χ3v) is 9.96. The largest absolute Gasteiger partial charge is 0.462 e. The molecule has 5 rings (SSSR count). The Balaban J connectivity index is 0.00000353. The molecule has 11 heteroatoms. The SMILES string of the molecule is CCOC(=O)c1c(NC(=O)c2ccc(S(=O)(=O)N3CCCC3)cc2)sc2c1CCN(Cc1ccccc1)C2.Cl. The molecule has 3 aromatic rings. The van der Waals surface area contributed by atoms with E-state index in [0.717, 1.165) is 36.4 Å². The fourth-order valence-corrected chi connectivity index (χ4v) is 7.76. The zero-order chi connectivity index (χ0) is 26.7. The lowest BCUT2D eigenvalue weighted by molar-refractivity contribution is 0.0526. The van der Waals surface area contributed by atoms with Gasteiger partial charge in [0.2, 0.25) is 10.0 Å². The van der Waals surface area contributed by atoms with Gasteiger partial charge in [-0.2, -0.15) is 4.31 Å². The zero-order valence-electron chi connectivity index (χ0n) is 21.7. The van der Waals surface area contributed by atoms with E-state index in [2.05, 4.69) is 22.3 Å². The molecule has 1 fully saturated rings. The second-order valence-corrected chi connectivity index (χ2v) is 12.5. The minimum absolute atomic E-state index is 0. The molecule has 0 bridgehead atoms. The predicted octanol–water partition coefficient (Wildman–Crippen LogP) is 4.94. The van der Waals surface area contributed by atoms with Crippen LogP contribution in [0.2, 0.25) is 0 Å². The molecule has 208 valence electrons. The first-order chi connectivity index (χ1) is 18.4. The zero-order valence-corrected chi connectivity index (χ0v) is 24.2. The van der Waals surface area contributed by atoms with Gasteiger partial charge in [-0.1, -0.05) is 30.3 Å². The van der Waals surface area contributed by atoms with Gasteiger partial charge in [-0.15, -0.1) is 23.7 Å². The first-order valence-electron chi connectivity index (χ1n) is 12.9. The Labute approximate surface area is 239 Å². The Kier molecular flexibility index (Phi) is 9.45. The molecule has 0 unspecified atom stereocenters. The molecule has 1 N–H and O–H groups in total. The molecule has 0 atom stereocenters. The highest BCUT2D eigenvalue weighted by atomic mass is 35.5. The maximum Gasteiger partial charge on any atom is 0.341 e. The lowest BCUT2D eigenvalue weighted by Crippen LogP contribution is -2.29. The van der Waals surface area contributed by atoms with Gasteiger partial charge in [-0.05, 0) is 61.6 Å². The number of nitrogens with one attached hydrogen (secondary N) is 1. The first kappa shape index (κ1) is 29.2. The van der Waals surface area contributed by atoms with E-state index in [1.807, 2.05) is 18.2 Å². The van der Waals surface area contributed by atoms with Crippen LogP contribution in [0.4, 0.5) is 5.00 Å². The number of halogens is 1. The Bertz CT molecular complexity index is 1420. The van der Waals surface area contributed by atoms with Gasteiger partial charge in [0.15, 0.2) is 0 Å². The number of ether oxygens (including phenoxy) is 1. The molecule has 1 saturated heterocycles. The highest BCUT2D eigenvalue weighted by molar-refractivity contribution is 7.89. The molecular weight excluding hydrogens is 558 g/mol. The number of benzene rings is 2. The van der Waals surface area contributed by atoms with Gasteiger partial charge in [0, 0.05) is 43.2 Å². The number of hydrogen-bond donors (Lipinski definition) is 1. The summed E-state index contributed by atoms with van der Waals surface area (Å²) in [6, 6.07) is 16.2. The summed E-state index contributed by atoms with van der Waals surface area (Å²) in [5.74, 6) is -0.843. The number of carbonyl (C=O) groups is 2. The van der Waals surface area contributed by atoms with Crippen LogP contribution in [-0.4, -0.2) is 55.7 Å². The van der Waals surface area contributed by atoms with E-state index in [-0.39, 0.29) is 23.9 Å². The third kappa shape index (κ3) is 6.36. The van der Waals surface area contributed by atoms with Crippen LogP contribution in [0.3, 0.4) is 0 Å². The van der Waals surface area contributed by atoms with Gasteiger partial charge >= 0.3 is 5.97 Å². The molecule has 1 aromatic heterocycles. The van der Waals surface area contributed by atoms with Crippen LogP contribution >= 0.6 is 23.7 Å². The van der Waals surface area contributed by atoms with Gasteiger partial charge in [0.1, 0.15) is 5.00 Å². The molecule has 0 radical (unpaired) electrons. The summed E-state index contributed by atoms with van der Waals surface area (Å²) in [6.45, 7) is 5.32. The monoisotopic (exact) mass is 589 g/mol. The number of amides is 1. The van der Waals surface area contributed by atoms with Crippen LogP contribution in [0.5, 0.6) is 0 Å². The molecule has 2 aliphatic heterocycles. The molecule has 2 aliphatic rings. The highest BCUT2D eigenvalue weighted by Crippen LogP contribution is 2.38. The van der Waals surface area contributed by atoms with E-state index < -0.39 is 21.9 Å². The maximum atomic E-state index is 13.2. The van der Waals surface area contributed by atoms with Gasteiger partial charge in [0.25, 0.3) is 5.91 Å².